The van der Waals surface area contributed by atoms with E-state index in [1.54, 1.807) is 12.1 Å². The van der Waals surface area contributed by atoms with Crippen molar-refractivity contribution in [2.24, 2.45) is 5.92 Å². The van der Waals surface area contributed by atoms with Crippen molar-refractivity contribution in [3.63, 3.8) is 0 Å². The molecule has 0 bridgehead atoms. The van der Waals surface area contributed by atoms with Crippen LogP contribution in [0.1, 0.15) is 18.4 Å². The molecule has 0 aromatic heterocycles. The fraction of sp³-hybridized carbons (Fsp3) is 0.364. The molecule has 1 aliphatic rings. The lowest BCUT2D eigenvalue weighted by molar-refractivity contribution is 0.299. The number of rotatable bonds is 3. The van der Waals surface area contributed by atoms with Gasteiger partial charge in [-0.3, -0.25) is 0 Å². The largest absolute Gasteiger partial charge is 0.507 e. The van der Waals surface area contributed by atoms with Crippen LogP contribution in [0.15, 0.2) is 18.2 Å². The Hall–Kier alpha value is -1.69. The van der Waals surface area contributed by atoms with Crippen molar-refractivity contribution in [2.45, 2.75) is 12.8 Å². The summed E-state index contributed by atoms with van der Waals surface area (Å²) >= 11 is 0. The van der Waals surface area contributed by atoms with Crippen LogP contribution in [-0.2, 0) is 0 Å². The van der Waals surface area contributed by atoms with Crippen LogP contribution in [0.3, 0.4) is 0 Å². The maximum absolute atomic E-state index is 9.25. The Morgan fingerprint density at radius 2 is 2.29 bits per heavy atom. The number of hydrogen-bond acceptors (Lipinski definition) is 3. The standard InChI is InChI=1S/C11H11NO2/c12-6-9-5-10(3-4-11(9)13)14-7-8-1-2-8/h3-5,8,13H,1-2,7H2. The van der Waals surface area contributed by atoms with E-state index in [-0.39, 0.29) is 11.3 Å². The third-order valence-corrected chi connectivity index (χ3v) is 2.27. The van der Waals surface area contributed by atoms with Crippen molar-refractivity contribution in [2.75, 3.05) is 6.61 Å². The molecule has 0 aliphatic heterocycles. The normalized spacial score (nSPS) is 14.8. The van der Waals surface area contributed by atoms with Gasteiger partial charge in [0, 0.05) is 6.07 Å². The second-order valence-electron chi connectivity index (χ2n) is 3.55. The Kier molecular flexibility index (Phi) is 2.28. The van der Waals surface area contributed by atoms with Crippen LogP contribution in [0.5, 0.6) is 11.5 Å². The van der Waals surface area contributed by atoms with Gasteiger partial charge in [-0.2, -0.15) is 5.26 Å². The van der Waals surface area contributed by atoms with E-state index in [9.17, 15) is 5.11 Å². The van der Waals surface area contributed by atoms with Crippen molar-refractivity contribution in [3.05, 3.63) is 23.8 Å². The Labute approximate surface area is 82.6 Å². The summed E-state index contributed by atoms with van der Waals surface area (Å²) in [5.41, 5.74) is 0.262. The second-order valence-corrected chi connectivity index (χ2v) is 3.55. The summed E-state index contributed by atoms with van der Waals surface area (Å²) in [6.07, 6.45) is 2.48. The molecule has 0 saturated heterocycles. The predicted molar refractivity (Wildman–Crippen MR) is 51.0 cm³/mol. The molecule has 1 aliphatic carbocycles. The highest BCUT2D eigenvalue weighted by atomic mass is 16.5. The Morgan fingerprint density at radius 3 is 2.93 bits per heavy atom. The molecule has 0 unspecified atom stereocenters. The first-order chi connectivity index (χ1) is 6.79. The van der Waals surface area contributed by atoms with Crippen molar-refractivity contribution in [1.29, 1.82) is 5.26 Å². The molecule has 0 heterocycles. The third kappa shape index (κ3) is 1.97. The number of nitriles is 1. The Balaban J connectivity index is 2.06. The zero-order valence-electron chi connectivity index (χ0n) is 7.73. The number of phenols is 1. The van der Waals surface area contributed by atoms with Crippen LogP contribution in [0.4, 0.5) is 0 Å². The maximum Gasteiger partial charge on any atom is 0.133 e. The molecule has 1 fully saturated rings. The quantitative estimate of drug-likeness (QED) is 0.791. The molecule has 0 atom stereocenters. The molecule has 3 nitrogen and oxygen atoms in total. The lowest BCUT2D eigenvalue weighted by atomic mass is 10.2. The van der Waals surface area contributed by atoms with E-state index >= 15 is 0 Å². The van der Waals surface area contributed by atoms with Crippen LogP contribution in [0.25, 0.3) is 0 Å². The van der Waals surface area contributed by atoms with Gasteiger partial charge < -0.3 is 9.84 Å². The fourth-order valence-corrected chi connectivity index (χ4v) is 1.19. The Morgan fingerprint density at radius 1 is 1.50 bits per heavy atom. The summed E-state index contributed by atoms with van der Waals surface area (Å²) in [6, 6.07) is 6.64. The van der Waals surface area contributed by atoms with E-state index in [4.69, 9.17) is 10.00 Å². The van der Waals surface area contributed by atoms with E-state index in [1.807, 2.05) is 6.07 Å². The zero-order valence-corrected chi connectivity index (χ0v) is 7.73. The van der Waals surface area contributed by atoms with Gasteiger partial charge in [0.15, 0.2) is 0 Å². The average Bonchev–Trinajstić information content (AvgIpc) is 3.00. The van der Waals surface area contributed by atoms with E-state index < -0.39 is 0 Å². The third-order valence-electron chi connectivity index (χ3n) is 2.27. The summed E-state index contributed by atoms with van der Waals surface area (Å²) in [7, 11) is 0. The van der Waals surface area contributed by atoms with Crippen LogP contribution < -0.4 is 4.74 Å². The summed E-state index contributed by atoms with van der Waals surface area (Å²) in [5.74, 6) is 1.35. The van der Waals surface area contributed by atoms with Gasteiger partial charge in [0.05, 0.1) is 12.2 Å². The zero-order chi connectivity index (χ0) is 9.97. The van der Waals surface area contributed by atoms with E-state index in [0.29, 0.717) is 11.7 Å². The lowest BCUT2D eigenvalue weighted by Crippen LogP contribution is -1.98. The number of ether oxygens (including phenoxy) is 1. The fourth-order valence-electron chi connectivity index (χ4n) is 1.19. The number of nitrogens with zero attached hydrogens (tertiary/aromatic N) is 1. The highest BCUT2D eigenvalue weighted by molar-refractivity contribution is 5.46. The summed E-state index contributed by atoms with van der Waals surface area (Å²) in [4.78, 5) is 0. The number of hydrogen-bond donors (Lipinski definition) is 1. The second kappa shape index (κ2) is 3.59. The predicted octanol–water partition coefficient (Wildman–Crippen LogP) is 2.05. The van der Waals surface area contributed by atoms with Gasteiger partial charge in [0.25, 0.3) is 0 Å². The summed E-state index contributed by atoms with van der Waals surface area (Å²) < 4.78 is 5.47. The van der Waals surface area contributed by atoms with E-state index in [0.717, 1.165) is 6.61 Å². The molecule has 72 valence electrons. The number of benzene rings is 1. The molecule has 2 rings (SSSR count). The van der Waals surface area contributed by atoms with Gasteiger partial charge in [-0.05, 0) is 30.9 Å². The summed E-state index contributed by atoms with van der Waals surface area (Å²) in [6.45, 7) is 0.718. The van der Waals surface area contributed by atoms with E-state index in [1.165, 1.54) is 18.9 Å². The molecule has 1 aromatic rings. The monoisotopic (exact) mass is 189 g/mol. The minimum atomic E-state index is 0.00581. The van der Waals surface area contributed by atoms with Crippen molar-refractivity contribution < 1.29 is 9.84 Å². The smallest absolute Gasteiger partial charge is 0.133 e. The molecule has 0 amide bonds. The van der Waals surface area contributed by atoms with Gasteiger partial charge in [0.2, 0.25) is 0 Å². The van der Waals surface area contributed by atoms with Crippen LogP contribution in [-0.4, -0.2) is 11.7 Å². The molecule has 14 heavy (non-hydrogen) atoms. The first-order valence-corrected chi connectivity index (χ1v) is 4.65. The maximum atomic E-state index is 9.25. The Bertz CT molecular complexity index is 377. The van der Waals surface area contributed by atoms with E-state index in [2.05, 4.69) is 0 Å². The van der Waals surface area contributed by atoms with Crippen molar-refractivity contribution >= 4 is 0 Å². The van der Waals surface area contributed by atoms with Crippen molar-refractivity contribution in [1.82, 2.24) is 0 Å². The minimum absolute atomic E-state index is 0.00581. The average molecular weight is 189 g/mol. The van der Waals surface area contributed by atoms with Gasteiger partial charge in [-0.25, -0.2) is 0 Å². The topological polar surface area (TPSA) is 53.2 Å². The molecule has 1 N–H and O–H groups in total. The molecule has 0 spiro atoms. The highest BCUT2D eigenvalue weighted by Gasteiger charge is 2.21. The number of aromatic hydroxyl groups is 1. The molecule has 0 radical (unpaired) electrons. The van der Waals surface area contributed by atoms with Gasteiger partial charge in [-0.1, -0.05) is 0 Å². The molecular weight excluding hydrogens is 178 g/mol. The van der Waals surface area contributed by atoms with Crippen molar-refractivity contribution in [3.8, 4) is 17.6 Å². The molecule has 1 aromatic carbocycles. The minimum Gasteiger partial charge on any atom is -0.507 e. The molecular formula is C11H11NO2. The van der Waals surface area contributed by atoms with Gasteiger partial charge in [0.1, 0.15) is 17.6 Å². The van der Waals surface area contributed by atoms with Gasteiger partial charge in [-0.15, -0.1) is 0 Å². The SMILES string of the molecule is N#Cc1cc(OCC2CC2)ccc1O. The van der Waals surface area contributed by atoms with Gasteiger partial charge >= 0.3 is 0 Å². The highest BCUT2D eigenvalue weighted by Crippen LogP contribution is 2.30. The molecule has 1 saturated carbocycles. The van der Waals surface area contributed by atoms with Crippen LogP contribution in [0.2, 0.25) is 0 Å². The first kappa shape index (κ1) is 8.89. The molecule has 3 heteroatoms. The number of phenolic OH excluding ortho intramolecular Hbond substituents is 1. The lowest BCUT2D eigenvalue weighted by Gasteiger charge is -2.05. The van der Waals surface area contributed by atoms with Crippen LogP contribution in [0, 0.1) is 17.2 Å². The first-order valence-electron chi connectivity index (χ1n) is 4.65. The van der Waals surface area contributed by atoms with Crippen LogP contribution >= 0.6 is 0 Å². The summed E-state index contributed by atoms with van der Waals surface area (Å²) in [5, 5.41) is 17.9.